The summed E-state index contributed by atoms with van der Waals surface area (Å²) in [5, 5.41) is 9.82. The Morgan fingerprint density at radius 1 is 0.113 bits per heavy atom. The maximum Gasteiger partial charge on any atom is 0.164 e. The molecule has 18 aromatic carbocycles. The van der Waals surface area contributed by atoms with Gasteiger partial charge in [-0.15, -0.1) is 0 Å². The predicted octanol–water partition coefficient (Wildman–Crippen LogP) is 28.8. The number of nitrogens with zero attached hydrogens (tertiary/aromatic N) is 10. The molecule has 0 fully saturated rings. The van der Waals surface area contributed by atoms with E-state index in [4.69, 9.17) is 29.9 Å². The molecule has 0 radical (unpaired) electrons. The summed E-state index contributed by atoms with van der Waals surface area (Å²) in [6, 6.07) is 158. The molecule has 24 aromatic rings. The van der Waals surface area contributed by atoms with Crippen molar-refractivity contribution in [3.8, 4) is 136 Å². The lowest BCUT2D eigenvalue weighted by molar-refractivity contribution is 1.07. The Balaban J connectivity index is 0.000000143. The van der Waals surface area contributed by atoms with Crippen molar-refractivity contribution in [2.24, 2.45) is 0 Å². The first kappa shape index (κ1) is 72.4. The van der Waals surface area contributed by atoms with Crippen LogP contribution < -0.4 is 0 Å². The molecule has 6 heterocycles. The molecule has 124 heavy (non-hydrogen) atoms. The van der Waals surface area contributed by atoms with Crippen molar-refractivity contribution in [3.05, 3.63) is 449 Å². The fourth-order valence-corrected chi connectivity index (χ4v) is 18.0. The predicted molar refractivity (Wildman–Crippen MR) is 511 cm³/mol. The third-order valence-electron chi connectivity index (χ3n) is 24.0. The first-order valence-electron chi connectivity index (χ1n) is 41.9. The van der Waals surface area contributed by atoms with Crippen LogP contribution in [0.25, 0.3) is 223 Å². The van der Waals surface area contributed by atoms with Gasteiger partial charge in [-0.1, -0.05) is 315 Å². The van der Waals surface area contributed by atoms with Gasteiger partial charge < -0.3 is 18.3 Å². The average molecular weight is 1580 g/mol. The number of hydrogen-bond acceptors (Lipinski definition) is 6. The van der Waals surface area contributed by atoms with Crippen LogP contribution in [0.4, 0.5) is 0 Å². The first-order valence-corrected chi connectivity index (χ1v) is 41.9. The van der Waals surface area contributed by atoms with E-state index in [1.807, 2.05) is 24.3 Å². The molecule has 0 aliphatic heterocycles. The van der Waals surface area contributed by atoms with E-state index in [2.05, 4.69) is 443 Å². The lowest BCUT2D eigenvalue weighted by Gasteiger charge is -2.12. The Bertz CT molecular complexity index is 7950. The molecule has 0 amide bonds. The maximum atomic E-state index is 5.17. The van der Waals surface area contributed by atoms with Gasteiger partial charge in [-0.3, -0.25) is 0 Å². The minimum absolute atomic E-state index is 0.614. The highest BCUT2D eigenvalue weighted by atomic mass is 15.1. The van der Waals surface area contributed by atoms with Crippen molar-refractivity contribution in [3.63, 3.8) is 0 Å². The molecule has 0 aliphatic carbocycles. The summed E-state index contributed by atoms with van der Waals surface area (Å²) in [7, 11) is 0. The van der Waals surface area contributed by atoms with Crippen molar-refractivity contribution in [1.82, 2.24) is 48.2 Å². The summed E-state index contributed by atoms with van der Waals surface area (Å²) in [5.74, 6) is 3.73. The highest BCUT2D eigenvalue weighted by Gasteiger charge is 2.24. The zero-order chi connectivity index (χ0) is 82.0. The first-order chi connectivity index (χ1) is 61.5. The minimum Gasteiger partial charge on any atom is -0.309 e. The van der Waals surface area contributed by atoms with Crippen LogP contribution in [0.3, 0.4) is 0 Å². The van der Waals surface area contributed by atoms with Crippen LogP contribution in [0, 0.1) is 0 Å². The van der Waals surface area contributed by atoms with Gasteiger partial charge in [0, 0.05) is 99.2 Å². The topological polar surface area (TPSA) is 97.1 Å². The second-order valence-corrected chi connectivity index (χ2v) is 31.3. The van der Waals surface area contributed by atoms with Gasteiger partial charge in [-0.05, 0) is 178 Å². The molecule has 0 bridgehead atoms. The highest BCUT2D eigenvalue weighted by Crippen LogP contribution is 2.44. The Labute approximate surface area is 715 Å². The lowest BCUT2D eigenvalue weighted by atomic mass is 10.0. The number of para-hydroxylation sites is 6. The molecular weight excluding hydrogens is 1510 g/mol. The van der Waals surface area contributed by atoms with Crippen LogP contribution in [-0.2, 0) is 0 Å². The van der Waals surface area contributed by atoms with Crippen molar-refractivity contribution in [2.75, 3.05) is 0 Å². The average Bonchev–Trinajstić information content (AvgIpc) is 1.56. The standard InChI is InChI=1S/2C57H37N5/c1-4-16-38(17-5-1)41-20-14-22-43(34-41)56-58-55(59-57(60-56)44-23-15-21-42(35-44)39-18-6-2-7-19-39)40-30-32-46(33-31-40)62-52-29-13-11-27-48(52)50-36-49-47-26-10-12-28-51(47)61(53(49)37-54(50)62)45-24-8-3-9-25-45;1-4-14-38(15-5-1)40-24-28-42(29-25-40)55-58-56(43-30-26-41(27-31-43)39-16-6-2-7-17-39)60-57(59-55)44-32-34-46(35-33-44)62-52-23-13-11-21-48(52)50-36-49-47-20-10-12-22-51(47)61(53(49)37-54(50)62)45-18-8-3-9-19-45/h2*1-37H. The van der Waals surface area contributed by atoms with Crippen molar-refractivity contribution < 1.29 is 0 Å². The fourth-order valence-electron chi connectivity index (χ4n) is 18.0. The molecule has 0 saturated heterocycles. The van der Waals surface area contributed by atoms with E-state index in [9.17, 15) is 0 Å². The van der Waals surface area contributed by atoms with Gasteiger partial charge >= 0.3 is 0 Å². The third-order valence-corrected chi connectivity index (χ3v) is 24.0. The normalized spacial score (nSPS) is 11.5. The van der Waals surface area contributed by atoms with Gasteiger partial charge in [0.05, 0.1) is 44.1 Å². The molecule has 580 valence electrons. The van der Waals surface area contributed by atoms with E-state index in [1.54, 1.807) is 0 Å². The molecule has 0 unspecified atom stereocenters. The summed E-state index contributed by atoms with van der Waals surface area (Å²) in [4.78, 5) is 30.8. The summed E-state index contributed by atoms with van der Waals surface area (Å²) < 4.78 is 9.54. The molecule has 6 aromatic heterocycles. The third kappa shape index (κ3) is 13.1. The Morgan fingerprint density at radius 3 is 0.589 bits per heavy atom. The van der Waals surface area contributed by atoms with Crippen LogP contribution in [0.2, 0.25) is 0 Å². The van der Waals surface area contributed by atoms with E-state index in [1.165, 1.54) is 76.3 Å². The SMILES string of the molecule is c1ccc(-c2ccc(-c3nc(-c4ccc(-c5ccccc5)cc4)nc(-c4ccc(-n5c6ccccc6c6cc7c8ccccc8n(-c8ccccc8)c7cc65)cc4)n3)cc2)cc1.c1ccc(-c2cccc(-c3nc(-c4ccc(-n5c6ccccc6c6cc7c8ccccc8n(-c8ccccc8)c7cc65)cc4)nc(-c4cccc(-c5ccccc5)c4)n3)c2)cc1. The molecule has 0 N–H and O–H groups in total. The molecule has 0 saturated carbocycles. The van der Waals surface area contributed by atoms with E-state index in [0.29, 0.717) is 34.9 Å². The van der Waals surface area contributed by atoms with Crippen molar-refractivity contribution in [1.29, 1.82) is 0 Å². The number of benzene rings is 18. The number of rotatable bonds is 14. The van der Waals surface area contributed by atoms with Crippen LogP contribution >= 0.6 is 0 Å². The van der Waals surface area contributed by atoms with Crippen LogP contribution in [-0.4, -0.2) is 48.2 Å². The molecule has 10 nitrogen and oxygen atoms in total. The van der Waals surface area contributed by atoms with Gasteiger partial charge in [-0.25, -0.2) is 29.9 Å². The van der Waals surface area contributed by atoms with Gasteiger partial charge in [0.25, 0.3) is 0 Å². The van der Waals surface area contributed by atoms with Gasteiger partial charge in [0.2, 0.25) is 0 Å². The molecule has 24 rings (SSSR count). The second-order valence-electron chi connectivity index (χ2n) is 31.3. The van der Waals surface area contributed by atoms with Crippen molar-refractivity contribution >= 4 is 87.2 Å². The van der Waals surface area contributed by atoms with E-state index in [0.717, 1.165) is 112 Å². The van der Waals surface area contributed by atoms with Crippen LogP contribution in [0.5, 0.6) is 0 Å². The second kappa shape index (κ2) is 30.8. The number of aromatic nitrogens is 10. The minimum atomic E-state index is 0.614. The quantitative estimate of drug-likeness (QED) is 0.108. The van der Waals surface area contributed by atoms with Gasteiger partial charge in [-0.2, -0.15) is 0 Å². The van der Waals surface area contributed by atoms with E-state index in [-0.39, 0.29) is 0 Å². The zero-order valence-corrected chi connectivity index (χ0v) is 67.2. The van der Waals surface area contributed by atoms with Gasteiger partial charge in [0.15, 0.2) is 34.9 Å². The summed E-state index contributed by atoms with van der Waals surface area (Å²) in [5.41, 5.74) is 28.4. The Kier molecular flexibility index (Phi) is 18.0. The van der Waals surface area contributed by atoms with Crippen molar-refractivity contribution in [2.45, 2.75) is 0 Å². The molecule has 0 spiro atoms. The maximum absolute atomic E-state index is 5.17. The molecular formula is C114H74N10. The largest absolute Gasteiger partial charge is 0.309 e. The van der Waals surface area contributed by atoms with E-state index >= 15 is 0 Å². The highest BCUT2D eigenvalue weighted by molar-refractivity contribution is 6.21. The molecule has 0 atom stereocenters. The Hall–Kier alpha value is -16.8. The monoisotopic (exact) mass is 1580 g/mol. The lowest BCUT2D eigenvalue weighted by Crippen LogP contribution is -2.01. The zero-order valence-electron chi connectivity index (χ0n) is 67.2. The van der Waals surface area contributed by atoms with Gasteiger partial charge in [0.1, 0.15) is 0 Å². The summed E-state index contributed by atoms with van der Waals surface area (Å²) in [6.07, 6.45) is 0. The van der Waals surface area contributed by atoms with E-state index < -0.39 is 0 Å². The fraction of sp³-hybridized carbons (Fsp3) is 0. The smallest absolute Gasteiger partial charge is 0.164 e. The summed E-state index contributed by atoms with van der Waals surface area (Å²) in [6.45, 7) is 0. The number of hydrogen-bond donors (Lipinski definition) is 0. The number of fused-ring (bicyclic) bond motifs is 12. The van der Waals surface area contributed by atoms with Crippen LogP contribution in [0.15, 0.2) is 449 Å². The molecule has 0 aliphatic rings. The Morgan fingerprint density at radius 2 is 0.306 bits per heavy atom. The van der Waals surface area contributed by atoms with Crippen LogP contribution in [0.1, 0.15) is 0 Å². The molecule has 10 heteroatoms. The summed E-state index contributed by atoms with van der Waals surface area (Å²) >= 11 is 0.